The van der Waals surface area contributed by atoms with Crippen molar-refractivity contribution in [2.45, 2.75) is 4.90 Å². The standard InChI is InChI=1S/C19H14ClFN2O3S/c20-17-6-1-2-7-18(17)22-19(24)13-4-3-5-16(12-13)27(25,26)23-15-10-8-14(21)9-11-15/h1-12,23H,(H,22,24). The molecule has 3 rings (SSSR count). The minimum atomic E-state index is -3.94. The van der Waals surface area contributed by atoms with Gasteiger partial charge in [0.1, 0.15) is 5.82 Å². The van der Waals surface area contributed by atoms with Crippen LogP contribution in [-0.4, -0.2) is 14.3 Å². The number of nitrogens with one attached hydrogen (secondary N) is 2. The first-order valence-corrected chi connectivity index (χ1v) is 9.65. The van der Waals surface area contributed by atoms with Crippen LogP contribution in [0.4, 0.5) is 15.8 Å². The second kappa shape index (κ2) is 7.77. The van der Waals surface area contributed by atoms with Crippen LogP contribution in [0.5, 0.6) is 0 Å². The van der Waals surface area contributed by atoms with Crippen molar-refractivity contribution in [2.24, 2.45) is 0 Å². The topological polar surface area (TPSA) is 75.3 Å². The van der Waals surface area contributed by atoms with Crippen LogP contribution in [0.1, 0.15) is 10.4 Å². The summed E-state index contributed by atoms with van der Waals surface area (Å²) in [6.45, 7) is 0. The molecule has 138 valence electrons. The van der Waals surface area contributed by atoms with Gasteiger partial charge in [0.05, 0.1) is 15.6 Å². The number of rotatable bonds is 5. The van der Waals surface area contributed by atoms with E-state index in [-0.39, 0.29) is 16.1 Å². The number of benzene rings is 3. The van der Waals surface area contributed by atoms with Crippen LogP contribution >= 0.6 is 11.6 Å². The van der Waals surface area contributed by atoms with Crippen LogP contribution < -0.4 is 10.0 Å². The number of hydrogen-bond donors (Lipinski definition) is 2. The zero-order valence-electron chi connectivity index (χ0n) is 13.8. The molecule has 0 spiro atoms. The predicted octanol–water partition coefficient (Wildman–Crippen LogP) is 4.53. The maximum Gasteiger partial charge on any atom is 0.261 e. The Morgan fingerprint density at radius 2 is 1.63 bits per heavy atom. The molecule has 3 aromatic carbocycles. The van der Waals surface area contributed by atoms with Gasteiger partial charge in [0.25, 0.3) is 15.9 Å². The summed E-state index contributed by atoms with van der Waals surface area (Å²) in [5.41, 5.74) is 0.779. The lowest BCUT2D eigenvalue weighted by Crippen LogP contribution is -2.16. The fourth-order valence-corrected chi connectivity index (χ4v) is 3.58. The second-order valence-corrected chi connectivity index (χ2v) is 7.66. The summed E-state index contributed by atoms with van der Waals surface area (Å²) in [5, 5.41) is 3.00. The molecule has 0 aliphatic carbocycles. The molecular formula is C19H14ClFN2O3S. The van der Waals surface area contributed by atoms with Crippen molar-refractivity contribution in [3.63, 3.8) is 0 Å². The summed E-state index contributed by atoms with van der Waals surface area (Å²) >= 11 is 6.01. The Labute approximate surface area is 160 Å². The lowest BCUT2D eigenvalue weighted by molar-refractivity contribution is 0.102. The third-order valence-corrected chi connectivity index (χ3v) is 5.33. The van der Waals surface area contributed by atoms with Gasteiger partial charge in [-0.3, -0.25) is 9.52 Å². The molecule has 0 heterocycles. The molecule has 2 N–H and O–H groups in total. The van der Waals surface area contributed by atoms with Crippen LogP contribution in [-0.2, 0) is 10.0 Å². The molecule has 0 saturated heterocycles. The van der Waals surface area contributed by atoms with Gasteiger partial charge in [-0.15, -0.1) is 0 Å². The Balaban J connectivity index is 1.83. The number of carbonyl (C=O) groups excluding carboxylic acids is 1. The van der Waals surface area contributed by atoms with Crippen molar-refractivity contribution in [3.8, 4) is 0 Å². The van der Waals surface area contributed by atoms with Crippen LogP contribution in [0.3, 0.4) is 0 Å². The number of anilines is 2. The Morgan fingerprint density at radius 1 is 0.926 bits per heavy atom. The highest BCUT2D eigenvalue weighted by Crippen LogP contribution is 2.22. The van der Waals surface area contributed by atoms with E-state index < -0.39 is 21.7 Å². The quantitative estimate of drug-likeness (QED) is 0.655. The molecule has 0 aromatic heterocycles. The van der Waals surface area contributed by atoms with Crippen molar-refractivity contribution in [1.29, 1.82) is 0 Å². The van der Waals surface area contributed by atoms with E-state index in [0.29, 0.717) is 10.7 Å². The van der Waals surface area contributed by atoms with Gasteiger partial charge < -0.3 is 5.32 Å². The van der Waals surface area contributed by atoms with E-state index in [4.69, 9.17) is 11.6 Å². The molecule has 0 radical (unpaired) electrons. The van der Waals surface area contributed by atoms with E-state index in [1.165, 1.54) is 36.4 Å². The summed E-state index contributed by atoms with van der Waals surface area (Å²) in [7, 11) is -3.94. The SMILES string of the molecule is O=C(Nc1ccccc1Cl)c1cccc(S(=O)(=O)Nc2ccc(F)cc2)c1. The number of hydrogen-bond acceptors (Lipinski definition) is 3. The van der Waals surface area contributed by atoms with Crippen LogP contribution in [0.2, 0.25) is 5.02 Å². The van der Waals surface area contributed by atoms with Gasteiger partial charge in [-0.05, 0) is 54.6 Å². The van der Waals surface area contributed by atoms with E-state index in [9.17, 15) is 17.6 Å². The molecule has 0 bridgehead atoms. The van der Waals surface area contributed by atoms with Gasteiger partial charge in [0, 0.05) is 11.3 Å². The predicted molar refractivity (Wildman–Crippen MR) is 103 cm³/mol. The summed E-state index contributed by atoms with van der Waals surface area (Å²) in [4.78, 5) is 12.3. The maximum absolute atomic E-state index is 13.0. The number of halogens is 2. The third kappa shape index (κ3) is 4.64. The number of para-hydroxylation sites is 1. The first-order valence-electron chi connectivity index (χ1n) is 7.79. The fourth-order valence-electron chi connectivity index (χ4n) is 2.29. The minimum Gasteiger partial charge on any atom is -0.321 e. The fraction of sp³-hybridized carbons (Fsp3) is 0. The number of sulfonamides is 1. The third-order valence-electron chi connectivity index (χ3n) is 3.63. The minimum absolute atomic E-state index is 0.0985. The van der Waals surface area contributed by atoms with E-state index in [2.05, 4.69) is 10.0 Å². The van der Waals surface area contributed by atoms with Gasteiger partial charge in [-0.2, -0.15) is 0 Å². The van der Waals surface area contributed by atoms with E-state index in [0.717, 1.165) is 12.1 Å². The van der Waals surface area contributed by atoms with Crippen molar-refractivity contribution >= 4 is 38.9 Å². The van der Waals surface area contributed by atoms with Gasteiger partial charge in [-0.1, -0.05) is 29.8 Å². The molecule has 27 heavy (non-hydrogen) atoms. The Kier molecular flexibility index (Phi) is 5.43. The summed E-state index contributed by atoms with van der Waals surface area (Å²) in [5.74, 6) is -0.974. The van der Waals surface area contributed by atoms with Gasteiger partial charge in [-0.25, -0.2) is 12.8 Å². The van der Waals surface area contributed by atoms with E-state index in [1.807, 2.05) is 0 Å². The molecule has 0 aliphatic rings. The van der Waals surface area contributed by atoms with Crippen molar-refractivity contribution < 1.29 is 17.6 Å². The summed E-state index contributed by atoms with van der Waals surface area (Å²) in [6.07, 6.45) is 0. The Bertz CT molecular complexity index is 1090. The summed E-state index contributed by atoms with van der Waals surface area (Å²) in [6, 6.07) is 17.2. The van der Waals surface area contributed by atoms with Crippen molar-refractivity contribution in [2.75, 3.05) is 10.0 Å². The van der Waals surface area contributed by atoms with Gasteiger partial charge in [0.15, 0.2) is 0 Å². The Morgan fingerprint density at radius 3 is 2.33 bits per heavy atom. The molecule has 0 unspecified atom stereocenters. The normalized spacial score (nSPS) is 11.0. The van der Waals surface area contributed by atoms with Crippen LogP contribution in [0, 0.1) is 5.82 Å². The lowest BCUT2D eigenvalue weighted by atomic mass is 10.2. The van der Waals surface area contributed by atoms with Crippen molar-refractivity contribution in [3.05, 3.63) is 89.2 Å². The number of carbonyl (C=O) groups is 1. The molecule has 0 aliphatic heterocycles. The average Bonchev–Trinajstić information content (AvgIpc) is 2.65. The number of amides is 1. The first-order chi connectivity index (χ1) is 12.8. The molecule has 1 amide bonds. The van der Waals surface area contributed by atoms with Gasteiger partial charge >= 0.3 is 0 Å². The molecule has 0 atom stereocenters. The highest BCUT2D eigenvalue weighted by molar-refractivity contribution is 7.92. The molecule has 5 nitrogen and oxygen atoms in total. The Hall–Kier alpha value is -2.90. The van der Waals surface area contributed by atoms with E-state index >= 15 is 0 Å². The smallest absolute Gasteiger partial charge is 0.261 e. The maximum atomic E-state index is 13.0. The largest absolute Gasteiger partial charge is 0.321 e. The van der Waals surface area contributed by atoms with Gasteiger partial charge in [0.2, 0.25) is 0 Å². The average molecular weight is 405 g/mol. The molecule has 8 heteroatoms. The van der Waals surface area contributed by atoms with Crippen molar-refractivity contribution in [1.82, 2.24) is 0 Å². The lowest BCUT2D eigenvalue weighted by Gasteiger charge is -2.10. The highest BCUT2D eigenvalue weighted by Gasteiger charge is 2.17. The second-order valence-electron chi connectivity index (χ2n) is 5.57. The highest BCUT2D eigenvalue weighted by atomic mass is 35.5. The van der Waals surface area contributed by atoms with E-state index in [1.54, 1.807) is 24.3 Å². The zero-order valence-corrected chi connectivity index (χ0v) is 15.4. The molecule has 3 aromatic rings. The molecule has 0 saturated carbocycles. The monoisotopic (exact) mass is 404 g/mol. The molecule has 0 fully saturated rings. The first kappa shape index (κ1) is 18.9. The summed E-state index contributed by atoms with van der Waals surface area (Å²) < 4.78 is 40.3. The van der Waals surface area contributed by atoms with Crippen LogP contribution in [0.25, 0.3) is 0 Å². The molecular weight excluding hydrogens is 391 g/mol. The zero-order chi connectivity index (χ0) is 19.4. The van der Waals surface area contributed by atoms with Crippen LogP contribution in [0.15, 0.2) is 77.7 Å².